The number of fused-ring (bicyclic) bond motifs is 1. The van der Waals surface area contributed by atoms with Gasteiger partial charge in [-0.25, -0.2) is 9.67 Å². The number of para-hydroxylation sites is 3. The van der Waals surface area contributed by atoms with Crippen LogP contribution < -0.4 is 11.1 Å². The molecule has 0 aliphatic carbocycles. The van der Waals surface area contributed by atoms with Crippen molar-refractivity contribution in [2.45, 2.75) is 25.7 Å². The van der Waals surface area contributed by atoms with E-state index in [2.05, 4.69) is 26.5 Å². The maximum absolute atomic E-state index is 12.2. The van der Waals surface area contributed by atoms with Crippen LogP contribution in [0.4, 0.5) is 5.82 Å². The average molecular weight is 413 g/mol. The van der Waals surface area contributed by atoms with Crippen molar-refractivity contribution in [1.82, 2.24) is 25.1 Å². The van der Waals surface area contributed by atoms with Gasteiger partial charge in [-0.1, -0.05) is 30.3 Å². The van der Waals surface area contributed by atoms with Crippen molar-refractivity contribution >= 4 is 22.8 Å². The molecule has 0 fully saturated rings. The number of aryl methyl sites for hydroxylation is 2. The van der Waals surface area contributed by atoms with Crippen LogP contribution in [-0.2, 0) is 17.6 Å². The number of nitrogens with zero attached hydrogens (tertiary/aromatic N) is 4. The molecule has 0 bridgehead atoms. The molecule has 0 saturated carbocycles. The SMILES string of the molecule is N#Cc1c(CCCNC(=O)CCc2nc3ccccc3[nH]2)nn(-c2ccccc2)c1N. The molecule has 4 N–H and O–H groups in total. The molecule has 31 heavy (non-hydrogen) atoms. The highest BCUT2D eigenvalue weighted by Gasteiger charge is 2.16. The van der Waals surface area contributed by atoms with Crippen molar-refractivity contribution in [2.75, 3.05) is 12.3 Å². The number of hydrogen-bond donors (Lipinski definition) is 3. The highest BCUT2D eigenvalue weighted by atomic mass is 16.1. The van der Waals surface area contributed by atoms with Gasteiger partial charge in [0.25, 0.3) is 0 Å². The number of nitriles is 1. The Labute approximate surface area is 179 Å². The van der Waals surface area contributed by atoms with Gasteiger partial charge in [0.1, 0.15) is 23.3 Å². The summed E-state index contributed by atoms with van der Waals surface area (Å²) in [6.45, 7) is 0.502. The van der Waals surface area contributed by atoms with Crippen LogP contribution in [0.3, 0.4) is 0 Å². The number of anilines is 1. The van der Waals surface area contributed by atoms with E-state index in [1.165, 1.54) is 0 Å². The second kappa shape index (κ2) is 9.13. The number of aromatic amines is 1. The second-order valence-corrected chi connectivity index (χ2v) is 7.22. The molecule has 0 radical (unpaired) electrons. The number of nitrogens with two attached hydrogens (primary N) is 1. The summed E-state index contributed by atoms with van der Waals surface area (Å²) < 4.78 is 1.58. The van der Waals surface area contributed by atoms with Gasteiger partial charge < -0.3 is 16.0 Å². The standard InChI is InChI=1S/C23H23N7O/c24-15-17-18(29-30(23(17)25)16-7-2-1-3-8-16)11-6-14-26-22(31)13-12-21-27-19-9-4-5-10-20(19)28-21/h1-5,7-10H,6,11-14,25H2,(H,26,31)(H,27,28). The molecule has 8 nitrogen and oxygen atoms in total. The van der Waals surface area contributed by atoms with Gasteiger partial charge in [0.2, 0.25) is 5.91 Å². The van der Waals surface area contributed by atoms with Gasteiger partial charge in [0, 0.05) is 19.4 Å². The molecule has 0 unspecified atom stereocenters. The summed E-state index contributed by atoms with van der Waals surface area (Å²) in [5.41, 5.74) is 9.83. The minimum Gasteiger partial charge on any atom is -0.382 e. The quantitative estimate of drug-likeness (QED) is 0.383. The van der Waals surface area contributed by atoms with Crippen LogP contribution in [0.15, 0.2) is 54.6 Å². The van der Waals surface area contributed by atoms with Gasteiger partial charge in [0.15, 0.2) is 0 Å². The van der Waals surface area contributed by atoms with E-state index in [-0.39, 0.29) is 5.91 Å². The van der Waals surface area contributed by atoms with Crippen molar-refractivity contribution in [1.29, 1.82) is 5.26 Å². The number of amides is 1. The van der Waals surface area contributed by atoms with E-state index in [1.54, 1.807) is 4.68 Å². The van der Waals surface area contributed by atoms with Crippen LogP contribution in [0.2, 0.25) is 0 Å². The number of carbonyl (C=O) groups is 1. The fraction of sp³-hybridized carbons (Fsp3) is 0.217. The number of nitrogen functional groups attached to an aromatic ring is 1. The number of carbonyl (C=O) groups excluding carboxylic acids is 1. The number of aromatic nitrogens is 4. The molecule has 2 aromatic heterocycles. The van der Waals surface area contributed by atoms with E-state index in [0.717, 1.165) is 22.5 Å². The number of hydrogen-bond acceptors (Lipinski definition) is 5. The first-order valence-corrected chi connectivity index (χ1v) is 10.2. The second-order valence-electron chi connectivity index (χ2n) is 7.22. The van der Waals surface area contributed by atoms with E-state index in [4.69, 9.17) is 5.73 Å². The van der Waals surface area contributed by atoms with Gasteiger partial charge in [-0.05, 0) is 37.1 Å². The zero-order chi connectivity index (χ0) is 21.6. The Morgan fingerprint density at radius 1 is 1.13 bits per heavy atom. The lowest BCUT2D eigenvalue weighted by Gasteiger charge is -2.04. The third-order valence-electron chi connectivity index (χ3n) is 5.05. The summed E-state index contributed by atoms with van der Waals surface area (Å²) in [6.07, 6.45) is 2.13. The Kier molecular flexibility index (Phi) is 5.94. The van der Waals surface area contributed by atoms with Crippen molar-refractivity contribution in [3.8, 4) is 11.8 Å². The molecule has 4 aromatic rings. The summed E-state index contributed by atoms with van der Waals surface area (Å²) in [5.74, 6) is 1.10. The van der Waals surface area contributed by atoms with Crippen LogP contribution in [0.25, 0.3) is 16.7 Å². The van der Waals surface area contributed by atoms with Crippen LogP contribution in [0.1, 0.15) is 29.9 Å². The molecule has 2 aromatic carbocycles. The normalized spacial score (nSPS) is 10.8. The first kappa shape index (κ1) is 20.2. The summed E-state index contributed by atoms with van der Waals surface area (Å²) in [6, 6.07) is 19.4. The van der Waals surface area contributed by atoms with Crippen molar-refractivity contribution in [3.63, 3.8) is 0 Å². The van der Waals surface area contributed by atoms with Gasteiger partial charge in [-0.2, -0.15) is 10.4 Å². The molecule has 0 aliphatic rings. The average Bonchev–Trinajstić information content (AvgIpc) is 3.36. The number of nitrogens with one attached hydrogen (secondary N) is 2. The lowest BCUT2D eigenvalue weighted by atomic mass is 10.1. The molecule has 156 valence electrons. The first-order chi connectivity index (χ1) is 15.2. The van der Waals surface area contributed by atoms with E-state index < -0.39 is 0 Å². The molecular weight excluding hydrogens is 390 g/mol. The minimum atomic E-state index is -0.0321. The fourth-order valence-corrected chi connectivity index (χ4v) is 3.47. The Hall–Kier alpha value is -4.12. The van der Waals surface area contributed by atoms with E-state index in [0.29, 0.717) is 49.3 Å². The predicted octanol–water partition coefficient (Wildman–Crippen LogP) is 2.88. The predicted molar refractivity (Wildman–Crippen MR) is 118 cm³/mol. The minimum absolute atomic E-state index is 0.0321. The van der Waals surface area contributed by atoms with Crippen molar-refractivity contribution in [3.05, 3.63) is 71.7 Å². The number of benzene rings is 2. The Morgan fingerprint density at radius 3 is 2.68 bits per heavy atom. The highest BCUT2D eigenvalue weighted by molar-refractivity contribution is 5.77. The summed E-state index contributed by atoms with van der Waals surface area (Å²) >= 11 is 0. The molecule has 0 spiro atoms. The van der Waals surface area contributed by atoms with E-state index in [9.17, 15) is 10.1 Å². The Bertz CT molecular complexity index is 1200. The summed E-state index contributed by atoms with van der Waals surface area (Å²) in [7, 11) is 0. The highest BCUT2D eigenvalue weighted by Crippen LogP contribution is 2.21. The smallest absolute Gasteiger partial charge is 0.220 e. The summed E-state index contributed by atoms with van der Waals surface area (Å²) in [5, 5.41) is 16.9. The molecule has 1 amide bonds. The topological polar surface area (TPSA) is 125 Å². The van der Waals surface area contributed by atoms with E-state index in [1.807, 2.05) is 54.6 Å². The largest absolute Gasteiger partial charge is 0.382 e. The lowest BCUT2D eigenvalue weighted by molar-refractivity contribution is -0.121. The lowest BCUT2D eigenvalue weighted by Crippen LogP contribution is -2.25. The van der Waals surface area contributed by atoms with Gasteiger partial charge in [0.05, 0.1) is 22.4 Å². The number of rotatable bonds is 8. The van der Waals surface area contributed by atoms with Crippen LogP contribution in [-0.4, -0.2) is 32.2 Å². The molecule has 4 rings (SSSR count). The molecule has 0 saturated heterocycles. The number of imidazole rings is 1. The molecule has 2 heterocycles. The monoisotopic (exact) mass is 413 g/mol. The van der Waals surface area contributed by atoms with Crippen molar-refractivity contribution < 1.29 is 4.79 Å². The molecule has 0 aliphatic heterocycles. The third kappa shape index (κ3) is 4.56. The van der Waals surface area contributed by atoms with Crippen LogP contribution >= 0.6 is 0 Å². The van der Waals surface area contributed by atoms with Crippen molar-refractivity contribution in [2.24, 2.45) is 0 Å². The van der Waals surface area contributed by atoms with Crippen LogP contribution in [0.5, 0.6) is 0 Å². The maximum atomic E-state index is 12.2. The van der Waals surface area contributed by atoms with Crippen LogP contribution in [0, 0.1) is 11.3 Å². The van der Waals surface area contributed by atoms with E-state index >= 15 is 0 Å². The first-order valence-electron chi connectivity index (χ1n) is 10.2. The molecular formula is C23H23N7O. The van der Waals surface area contributed by atoms with Gasteiger partial charge in [-0.3, -0.25) is 4.79 Å². The fourth-order valence-electron chi connectivity index (χ4n) is 3.47. The zero-order valence-corrected chi connectivity index (χ0v) is 17.0. The van der Waals surface area contributed by atoms with Gasteiger partial charge >= 0.3 is 0 Å². The van der Waals surface area contributed by atoms with Gasteiger partial charge in [-0.15, -0.1) is 0 Å². The number of H-pyrrole nitrogens is 1. The summed E-state index contributed by atoms with van der Waals surface area (Å²) in [4.78, 5) is 19.9. The Balaban J connectivity index is 1.27. The molecule has 0 atom stereocenters. The Morgan fingerprint density at radius 2 is 1.90 bits per heavy atom. The third-order valence-corrected chi connectivity index (χ3v) is 5.05. The maximum Gasteiger partial charge on any atom is 0.220 e. The molecule has 8 heteroatoms. The zero-order valence-electron chi connectivity index (χ0n) is 17.0.